The summed E-state index contributed by atoms with van der Waals surface area (Å²) in [6.07, 6.45) is 1.46. The largest absolute Gasteiger partial charge is 0.409 e. The van der Waals surface area contributed by atoms with Gasteiger partial charge in [0.25, 0.3) is 0 Å². The average Bonchev–Trinajstić information content (AvgIpc) is 2.86. The molecule has 0 aliphatic rings. The van der Waals surface area contributed by atoms with Gasteiger partial charge in [-0.3, -0.25) is 0 Å². The summed E-state index contributed by atoms with van der Waals surface area (Å²) in [5, 5.41) is 15.5. The van der Waals surface area contributed by atoms with Gasteiger partial charge in [-0.2, -0.15) is 0 Å². The molecule has 0 saturated carbocycles. The lowest BCUT2D eigenvalue weighted by Crippen LogP contribution is -2.15. The average molecular weight is 261 g/mol. The Morgan fingerprint density at radius 2 is 2.16 bits per heavy atom. The van der Waals surface area contributed by atoms with Crippen LogP contribution in [0.3, 0.4) is 0 Å². The number of nitrogens with two attached hydrogens (primary N) is 1. The van der Waals surface area contributed by atoms with Gasteiger partial charge < -0.3 is 10.9 Å². The molecule has 0 aromatic carbocycles. The molecule has 0 unspecified atom stereocenters. The Labute approximate surface area is 110 Å². The molecule has 0 aliphatic heterocycles. The van der Waals surface area contributed by atoms with E-state index in [-0.39, 0.29) is 17.6 Å². The standard InChI is InChI=1S/C11H15N7O/c1-6(2)10-14-7(3)4-8(15-10)18-5-13-11(16-18)9(12)17-19/h4-6,19H,1-3H3,(H2,12,17). The summed E-state index contributed by atoms with van der Waals surface area (Å²) in [4.78, 5) is 12.7. The molecule has 100 valence electrons. The number of hydrogen-bond donors (Lipinski definition) is 2. The van der Waals surface area contributed by atoms with Gasteiger partial charge in [-0.1, -0.05) is 19.0 Å². The smallest absolute Gasteiger partial charge is 0.220 e. The van der Waals surface area contributed by atoms with Crippen molar-refractivity contribution in [3.63, 3.8) is 0 Å². The van der Waals surface area contributed by atoms with Crippen molar-refractivity contribution in [2.24, 2.45) is 10.9 Å². The third-order valence-electron chi connectivity index (χ3n) is 2.44. The zero-order valence-corrected chi connectivity index (χ0v) is 10.9. The molecule has 8 nitrogen and oxygen atoms in total. The minimum Gasteiger partial charge on any atom is -0.409 e. The van der Waals surface area contributed by atoms with Gasteiger partial charge in [-0.15, -0.1) is 5.10 Å². The maximum absolute atomic E-state index is 8.58. The molecule has 0 bridgehead atoms. The maximum Gasteiger partial charge on any atom is 0.220 e. The number of oxime groups is 1. The van der Waals surface area contributed by atoms with Crippen LogP contribution >= 0.6 is 0 Å². The van der Waals surface area contributed by atoms with E-state index in [1.54, 1.807) is 6.07 Å². The molecule has 0 spiro atoms. The van der Waals surface area contributed by atoms with Crippen molar-refractivity contribution in [2.75, 3.05) is 0 Å². The van der Waals surface area contributed by atoms with Crippen LogP contribution in [-0.2, 0) is 0 Å². The van der Waals surface area contributed by atoms with Crippen LogP contribution in [0.25, 0.3) is 5.82 Å². The van der Waals surface area contributed by atoms with Gasteiger partial charge in [0, 0.05) is 17.7 Å². The van der Waals surface area contributed by atoms with E-state index in [2.05, 4.69) is 25.2 Å². The van der Waals surface area contributed by atoms with E-state index in [1.807, 2.05) is 20.8 Å². The number of aromatic nitrogens is 5. The zero-order valence-electron chi connectivity index (χ0n) is 10.9. The lowest BCUT2D eigenvalue weighted by atomic mass is 10.2. The quantitative estimate of drug-likeness (QED) is 0.361. The Balaban J connectivity index is 2.44. The minimum atomic E-state index is -0.145. The number of hydrogen-bond acceptors (Lipinski definition) is 6. The molecule has 2 heterocycles. The van der Waals surface area contributed by atoms with Gasteiger partial charge in [-0.05, 0) is 6.92 Å². The van der Waals surface area contributed by atoms with Crippen LogP contribution < -0.4 is 5.73 Å². The van der Waals surface area contributed by atoms with E-state index in [0.717, 1.165) is 11.5 Å². The van der Waals surface area contributed by atoms with Crippen LogP contribution in [0.4, 0.5) is 0 Å². The number of rotatable bonds is 3. The first-order valence-electron chi connectivity index (χ1n) is 5.76. The number of aryl methyl sites for hydroxylation is 1. The molecule has 0 amide bonds. The first-order chi connectivity index (χ1) is 9.01. The first kappa shape index (κ1) is 12.9. The van der Waals surface area contributed by atoms with E-state index in [0.29, 0.717) is 5.82 Å². The third-order valence-corrected chi connectivity index (χ3v) is 2.44. The summed E-state index contributed by atoms with van der Waals surface area (Å²) in [5.41, 5.74) is 6.26. The molecule has 0 aliphatic carbocycles. The van der Waals surface area contributed by atoms with Crippen molar-refractivity contribution < 1.29 is 5.21 Å². The molecular weight excluding hydrogens is 246 g/mol. The van der Waals surface area contributed by atoms with Crippen LogP contribution in [0, 0.1) is 6.92 Å². The second kappa shape index (κ2) is 5.01. The normalized spacial score (nSPS) is 12.1. The van der Waals surface area contributed by atoms with Crippen molar-refractivity contribution in [2.45, 2.75) is 26.7 Å². The van der Waals surface area contributed by atoms with Gasteiger partial charge in [-0.25, -0.2) is 19.6 Å². The molecule has 2 aromatic rings. The molecular formula is C11H15N7O. The molecule has 0 atom stereocenters. The highest BCUT2D eigenvalue weighted by Crippen LogP contribution is 2.12. The van der Waals surface area contributed by atoms with E-state index in [1.165, 1.54) is 11.0 Å². The van der Waals surface area contributed by atoms with E-state index in [4.69, 9.17) is 10.9 Å². The predicted molar refractivity (Wildman–Crippen MR) is 68.3 cm³/mol. The van der Waals surface area contributed by atoms with Crippen LogP contribution in [-0.4, -0.2) is 35.8 Å². The Morgan fingerprint density at radius 3 is 2.79 bits per heavy atom. The molecule has 2 aromatic heterocycles. The Hall–Kier alpha value is -2.51. The van der Waals surface area contributed by atoms with Gasteiger partial charge in [0.15, 0.2) is 5.82 Å². The van der Waals surface area contributed by atoms with Crippen LogP contribution in [0.15, 0.2) is 17.5 Å². The van der Waals surface area contributed by atoms with Crippen molar-refractivity contribution in [1.29, 1.82) is 0 Å². The second-order valence-electron chi connectivity index (χ2n) is 4.38. The Kier molecular flexibility index (Phi) is 3.41. The summed E-state index contributed by atoms with van der Waals surface area (Å²) < 4.78 is 1.47. The fourth-order valence-corrected chi connectivity index (χ4v) is 1.49. The number of amidine groups is 1. The van der Waals surface area contributed by atoms with Crippen LogP contribution in [0.2, 0.25) is 0 Å². The van der Waals surface area contributed by atoms with Gasteiger partial charge >= 0.3 is 0 Å². The maximum atomic E-state index is 8.58. The Morgan fingerprint density at radius 1 is 1.42 bits per heavy atom. The number of nitrogens with zero attached hydrogens (tertiary/aromatic N) is 6. The van der Waals surface area contributed by atoms with E-state index >= 15 is 0 Å². The summed E-state index contributed by atoms with van der Waals surface area (Å²) in [6.45, 7) is 5.92. The van der Waals surface area contributed by atoms with Gasteiger partial charge in [0.2, 0.25) is 11.7 Å². The highest BCUT2D eigenvalue weighted by molar-refractivity contribution is 5.93. The molecule has 2 rings (SSSR count). The fraction of sp³-hybridized carbons (Fsp3) is 0.364. The van der Waals surface area contributed by atoms with Crippen molar-refractivity contribution in [3.8, 4) is 5.82 Å². The third kappa shape index (κ3) is 2.67. The van der Waals surface area contributed by atoms with Crippen molar-refractivity contribution in [3.05, 3.63) is 29.7 Å². The lowest BCUT2D eigenvalue weighted by Gasteiger charge is -2.07. The zero-order chi connectivity index (χ0) is 14.0. The SMILES string of the molecule is Cc1cc(-n2cnc(C(N)=NO)n2)nc(C(C)C)n1. The molecule has 0 radical (unpaired) electrons. The Bertz CT molecular complexity index is 617. The molecule has 3 N–H and O–H groups in total. The highest BCUT2D eigenvalue weighted by Gasteiger charge is 2.11. The first-order valence-corrected chi connectivity index (χ1v) is 5.76. The molecule has 0 fully saturated rings. The molecule has 0 saturated heterocycles. The van der Waals surface area contributed by atoms with Gasteiger partial charge in [0.1, 0.15) is 12.2 Å². The second-order valence-corrected chi connectivity index (χ2v) is 4.38. The van der Waals surface area contributed by atoms with Crippen molar-refractivity contribution in [1.82, 2.24) is 24.7 Å². The summed E-state index contributed by atoms with van der Waals surface area (Å²) >= 11 is 0. The van der Waals surface area contributed by atoms with E-state index in [9.17, 15) is 0 Å². The summed E-state index contributed by atoms with van der Waals surface area (Å²) in [5.74, 6) is 1.54. The van der Waals surface area contributed by atoms with Crippen LogP contribution in [0.1, 0.15) is 37.1 Å². The lowest BCUT2D eigenvalue weighted by molar-refractivity contribution is 0.318. The monoisotopic (exact) mass is 261 g/mol. The van der Waals surface area contributed by atoms with Crippen LogP contribution in [0.5, 0.6) is 0 Å². The predicted octanol–water partition coefficient (Wildman–Crippen LogP) is 0.584. The summed E-state index contributed by atoms with van der Waals surface area (Å²) in [6, 6.07) is 1.79. The highest BCUT2D eigenvalue weighted by atomic mass is 16.4. The molecule has 8 heteroatoms. The minimum absolute atomic E-state index is 0.143. The molecule has 19 heavy (non-hydrogen) atoms. The fourth-order valence-electron chi connectivity index (χ4n) is 1.49. The van der Waals surface area contributed by atoms with Gasteiger partial charge in [0.05, 0.1) is 0 Å². The van der Waals surface area contributed by atoms with Crippen molar-refractivity contribution >= 4 is 5.84 Å². The summed E-state index contributed by atoms with van der Waals surface area (Å²) in [7, 11) is 0. The van der Waals surface area contributed by atoms with E-state index < -0.39 is 0 Å². The topological polar surface area (TPSA) is 115 Å².